The van der Waals surface area contributed by atoms with Gasteiger partial charge in [-0.25, -0.2) is 13.1 Å². The molecule has 0 atom stereocenters. The number of hydrogen-bond donors (Lipinski definition) is 2. The van der Waals surface area contributed by atoms with Crippen molar-refractivity contribution in [1.82, 2.24) is 10.0 Å². The number of sulfonamides is 1. The van der Waals surface area contributed by atoms with Crippen LogP contribution in [0.1, 0.15) is 49.0 Å². The van der Waals surface area contributed by atoms with E-state index in [-0.39, 0.29) is 17.3 Å². The van der Waals surface area contributed by atoms with Gasteiger partial charge in [-0.2, -0.15) is 0 Å². The van der Waals surface area contributed by atoms with Gasteiger partial charge in [0.15, 0.2) is 11.5 Å². The second-order valence-corrected chi connectivity index (χ2v) is 10.3. The first-order chi connectivity index (χ1) is 15.3. The lowest BCUT2D eigenvalue weighted by molar-refractivity contribution is 0.0950. The smallest absolute Gasteiger partial charge is 0.251 e. The zero-order valence-corrected chi connectivity index (χ0v) is 19.7. The van der Waals surface area contributed by atoms with E-state index in [1.807, 2.05) is 18.2 Å². The standard InChI is InChI=1S/C24H32N2O5S/c1-17(2)11-12-31-22-10-9-19(13-23(22)30-3)15-25-24(27)20-5-4-6-21(14-20)32(28,29)26-16-18-7-8-18/h4-6,9-10,13-14,17-18,26H,7-8,11-12,15-16H2,1-3H3,(H,25,27). The zero-order valence-electron chi connectivity index (χ0n) is 18.9. The fourth-order valence-electron chi connectivity index (χ4n) is 3.07. The van der Waals surface area contributed by atoms with E-state index in [9.17, 15) is 13.2 Å². The zero-order chi connectivity index (χ0) is 23.1. The molecule has 0 spiro atoms. The maximum absolute atomic E-state index is 12.6. The highest BCUT2D eigenvalue weighted by atomic mass is 32.2. The quantitative estimate of drug-likeness (QED) is 0.503. The predicted molar refractivity (Wildman–Crippen MR) is 123 cm³/mol. The van der Waals surface area contributed by atoms with Gasteiger partial charge in [0.05, 0.1) is 18.6 Å². The van der Waals surface area contributed by atoms with Crippen LogP contribution in [0.4, 0.5) is 0 Å². The summed E-state index contributed by atoms with van der Waals surface area (Å²) in [5.74, 6) is 1.91. The summed E-state index contributed by atoms with van der Waals surface area (Å²) in [6.45, 7) is 5.61. The number of hydrogen-bond acceptors (Lipinski definition) is 5. The molecule has 2 aromatic rings. The number of rotatable bonds is 12. The van der Waals surface area contributed by atoms with E-state index in [2.05, 4.69) is 23.9 Å². The molecule has 32 heavy (non-hydrogen) atoms. The summed E-state index contributed by atoms with van der Waals surface area (Å²) in [6.07, 6.45) is 3.06. The Hall–Kier alpha value is -2.58. The van der Waals surface area contributed by atoms with E-state index in [0.29, 0.717) is 42.0 Å². The molecule has 8 heteroatoms. The van der Waals surface area contributed by atoms with Gasteiger partial charge in [-0.3, -0.25) is 4.79 Å². The fraction of sp³-hybridized carbons (Fsp3) is 0.458. The van der Waals surface area contributed by atoms with Crippen molar-refractivity contribution in [3.05, 3.63) is 53.6 Å². The van der Waals surface area contributed by atoms with Crippen molar-refractivity contribution in [2.75, 3.05) is 20.3 Å². The minimum atomic E-state index is -3.63. The highest BCUT2D eigenvalue weighted by molar-refractivity contribution is 7.89. The Kier molecular flexibility index (Phi) is 8.15. The normalized spacial score (nSPS) is 13.8. The van der Waals surface area contributed by atoms with E-state index in [4.69, 9.17) is 9.47 Å². The molecule has 0 radical (unpaired) electrons. The molecular formula is C24H32N2O5S. The molecule has 3 rings (SSSR count). The Morgan fingerprint density at radius 3 is 2.59 bits per heavy atom. The number of amides is 1. The molecule has 7 nitrogen and oxygen atoms in total. The molecule has 1 aliphatic rings. The summed E-state index contributed by atoms with van der Waals surface area (Å²) in [6, 6.07) is 11.6. The lowest BCUT2D eigenvalue weighted by atomic mass is 10.1. The number of methoxy groups -OCH3 is 1. The first-order valence-corrected chi connectivity index (χ1v) is 12.4. The molecule has 0 aromatic heterocycles. The monoisotopic (exact) mass is 460 g/mol. The third kappa shape index (κ3) is 6.97. The van der Waals surface area contributed by atoms with Crippen LogP contribution >= 0.6 is 0 Å². The average Bonchev–Trinajstić information content (AvgIpc) is 3.61. The molecule has 0 heterocycles. The summed E-state index contributed by atoms with van der Waals surface area (Å²) in [5, 5.41) is 2.83. The molecule has 0 saturated heterocycles. The van der Waals surface area contributed by atoms with Crippen LogP contribution in [-0.4, -0.2) is 34.6 Å². The minimum Gasteiger partial charge on any atom is -0.493 e. The molecule has 1 amide bonds. The molecule has 0 aliphatic heterocycles. The van der Waals surface area contributed by atoms with Gasteiger partial charge >= 0.3 is 0 Å². The van der Waals surface area contributed by atoms with Crippen LogP contribution in [0.5, 0.6) is 11.5 Å². The molecule has 174 valence electrons. The maximum Gasteiger partial charge on any atom is 0.251 e. The number of nitrogens with one attached hydrogen (secondary N) is 2. The van der Waals surface area contributed by atoms with Gasteiger partial charge in [0.2, 0.25) is 10.0 Å². The molecule has 2 aromatic carbocycles. The Balaban J connectivity index is 1.60. The van der Waals surface area contributed by atoms with Crippen LogP contribution in [0, 0.1) is 11.8 Å². The van der Waals surface area contributed by atoms with Crippen LogP contribution in [0.25, 0.3) is 0 Å². The number of carbonyl (C=O) groups is 1. The highest BCUT2D eigenvalue weighted by Gasteiger charge is 2.24. The Morgan fingerprint density at radius 2 is 1.91 bits per heavy atom. The lowest BCUT2D eigenvalue weighted by Gasteiger charge is -2.13. The van der Waals surface area contributed by atoms with Gasteiger partial charge in [0.1, 0.15) is 0 Å². The van der Waals surface area contributed by atoms with E-state index in [1.165, 1.54) is 12.1 Å². The van der Waals surface area contributed by atoms with Gasteiger partial charge in [0.25, 0.3) is 5.91 Å². The fourth-order valence-corrected chi connectivity index (χ4v) is 4.23. The van der Waals surface area contributed by atoms with Crippen LogP contribution in [0.3, 0.4) is 0 Å². The van der Waals surface area contributed by atoms with Crippen LogP contribution in [-0.2, 0) is 16.6 Å². The van der Waals surface area contributed by atoms with Crippen molar-refractivity contribution in [2.24, 2.45) is 11.8 Å². The second-order valence-electron chi connectivity index (χ2n) is 8.52. The van der Waals surface area contributed by atoms with Crippen LogP contribution in [0.15, 0.2) is 47.4 Å². The molecule has 0 bridgehead atoms. The maximum atomic E-state index is 12.6. The Labute approximate surface area is 190 Å². The van der Waals surface area contributed by atoms with Crippen molar-refractivity contribution in [3.8, 4) is 11.5 Å². The van der Waals surface area contributed by atoms with Gasteiger partial charge < -0.3 is 14.8 Å². The van der Waals surface area contributed by atoms with Crippen molar-refractivity contribution < 1.29 is 22.7 Å². The van der Waals surface area contributed by atoms with E-state index in [0.717, 1.165) is 24.8 Å². The summed E-state index contributed by atoms with van der Waals surface area (Å²) >= 11 is 0. The summed E-state index contributed by atoms with van der Waals surface area (Å²) in [7, 11) is -2.05. The molecule has 0 unspecified atom stereocenters. The van der Waals surface area contributed by atoms with Crippen LogP contribution < -0.4 is 19.5 Å². The molecule has 1 saturated carbocycles. The first kappa shape index (κ1) is 24.1. The summed E-state index contributed by atoms with van der Waals surface area (Å²) in [4.78, 5) is 12.7. The molecule has 1 aliphatic carbocycles. The number of benzene rings is 2. The SMILES string of the molecule is COc1cc(CNC(=O)c2cccc(S(=O)(=O)NCC3CC3)c2)ccc1OCCC(C)C. The largest absolute Gasteiger partial charge is 0.493 e. The summed E-state index contributed by atoms with van der Waals surface area (Å²) < 4.78 is 38.8. The van der Waals surface area contributed by atoms with E-state index < -0.39 is 10.0 Å². The molecular weight excluding hydrogens is 428 g/mol. The van der Waals surface area contributed by atoms with Crippen molar-refractivity contribution in [3.63, 3.8) is 0 Å². The Bertz CT molecular complexity index is 1030. The lowest BCUT2D eigenvalue weighted by Crippen LogP contribution is -2.27. The number of carbonyl (C=O) groups excluding carboxylic acids is 1. The van der Waals surface area contributed by atoms with Gasteiger partial charge in [-0.15, -0.1) is 0 Å². The van der Waals surface area contributed by atoms with Gasteiger partial charge in [0, 0.05) is 18.7 Å². The van der Waals surface area contributed by atoms with Gasteiger partial charge in [-0.1, -0.05) is 26.0 Å². The third-order valence-corrected chi connectivity index (χ3v) is 6.72. The first-order valence-electron chi connectivity index (χ1n) is 11.0. The van der Waals surface area contributed by atoms with Gasteiger partial charge in [-0.05, 0) is 67.0 Å². The number of ether oxygens (including phenoxy) is 2. The van der Waals surface area contributed by atoms with E-state index in [1.54, 1.807) is 19.2 Å². The Morgan fingerprint density at radius 1 is 1.12 bits per heavy atom. The van der Waals surface area contributed by atoms with Crippen molar-refractivity contribution >= 4 is 15.9 Å². The molecule has 1 fully saturated rings. The summed E-state index contributed by atoms with van der Waals surface area (Å²) in [5.41, 5.74) is 1.14. The molecule has 2 N–H and O–H groups in total. The predicted octanol–water partition coefficient (Wildman–Crippen LogP) is 3.74. The average molecular weight is 461 g/mol. The minimum absolute atomic E-state index is 0.0929. The van der Waals surface area contributed by atoms with Crippen molar-refractivity contribution in [1.29, 1.82) is 0 Å². The van der Waals surface area contributed by atoms with Crippen molar-refractivity contribution in [2.45, 2.75) is 44.6 Å². The van der Waals surface area contributed by atoms with E-state index >= 15 is 0 Å². The topological polar surface area (TPSA) is 93.7 Å². The second kappa shape index (κ2) is 10.8. The third-order valence-electron chi connectivity index (χ3n) is 5.30. The highest BCUT2D eigenvalue weighted by Crippen LogP contribution is 2.29. The van der Waals surface area contributed by atoms with Crippen LogP contribution in [0.2, 0.25) is 0 Å².